The van der Waals surface area contributed by atoms with Crippen LogP contribution in [-0.4, -0.2) is 19.2 Å². The lowest BCUT2D eigenvalue weighted by Gasteiger charge is -2.31. The minimum Gasteiger partial charge on any atom is -0.492 e. The highest BCUT2D eigenvalue weighted by Gasteiger charge is 2.24. The molecule has 0 aliphatic heterocycles. The second-order valence-corrected chi connectivity index (χ2v) is 6.09. The third-order valence-electron chi connectivity index (χ3n) is 3.23. The summed E-state index contributed by atoms with van der Waals surface area (Å²) in [5.41, 5.74) is 0.746. The van der Waals surface area contributed by atoms with Crippen LogP contribution < -0.4 is 10.1 Å². The van der Waals surface area contributed by atoms with E-state index in [4.69, 9.17) is 4.74 Å². The second kappa shape index (κ2) is 6.90. The molecular weight excluding hydrogens is 241 g/mol. The quantitative estimate of drug-likeness (QED) is 0.843. The molecule has 2 nitrogen and oxygen atoms in total. The van der Waals surface area contributed by atoms with Crippen molar-refractivity contribution >= 4 is 0 Å². The van der Waals surface area contributed by atoms with E-state index in [0.717, 1.165) is 18.7 Å². The van der Waals surface area contributed by atoms with Crippen molar-refractivity contribution in [1.82, 2.24) is 5.32 Å². The average Bonchev–Trinajstić information content (AvgIpc) is 2.32. The highest BCUT2D eigenvalue weighted by Crippen LogP contribution is 2.22. The minimum absolute atomic E-state index is 0.129. The van der Waals surface area contributed by atoms with Crippen LogP contribution in [0, 0.1) is 18.2 Å². The van der Waals surface area contributed by atoms with Crippen LogP contribution >= 0.6 is 0 Å². The van der Waals surface area contributed by atoms with Gasteiger partial charge in [0.15, 0.2) is 0 Å². The zero-order chi connectivity index (χ0) is 14.5. The van der Waals surface area contributed by atoms with Gasteiger partial charge in [-0.3, -0.25) is 0 Å². The molecule has 1 rings (SSSR count). The largest absolute Gasteiger partial charge is 0.492 e. The highest BCUT2D eigenvalue weighted by molar-refractivity contribution is 5.28. The van der Waals surface area contributed by atoms with Gasteiger partial charge in [0, 0.05) is 6.04 Å². The maximum Gasteiger partial charge on any atom is 0.126 e. The number of aryl methyl sites for hydroxylation is 1. The fourth-order valence-corrected chi connectivity index (χ4v) is 1.82. The van der Waals surface area contributed by atoms with Crippen molar-refractivity contribution in [2.75, 3.05) is 13.2 Å². The van der Waals surface area contributed by atoms with Crippen LogP contribution in [0.5, 0.6) is 5.75 Å². The molecular formula is C16H26FNO. The van der Waals surface area contributed by atoms with Gasteiger partial charge in [0.05, 0.1) is 0 Å². The first-order chi connectivity index (χ1) is 8.84. The molecule has 19 heavy (non-hydrogen) atoms. The van der Waals surface area contributed by atoms with E-state index >= 15 is 0 Å². The van der Waals surface area contributed by atoms with Crippen LogP contribution in [-0.2, 0) is 0 Å². The molecule has 3 heteroatoms. The van der Waals surface area contributed by atoms with Gasteiger partial charge in [-0.1, -0.05) is 27.7 Å². The number of nitrogens with one attached hydrogen (secondary N) is 1. The van der Waals surface area contributed by atoms with E-state index in [1.54, 1.807) is 19.1 Å². The fraction of sp³-hybridized carbons (Fsp3) is 0.625. The summed E-state index contributed by atoms with van der Waals surface area (Å²) in [6.45, 7) is 12.1. The molecule has 0 fully saturated rings. The first-order valence-electron chi connectivity index (χ1n) is 6.97. The number of hydrogen-bond donors (Lipinski definition) is 1. The maximum absolute atomic E-state index is 13.2. The lowest BCUT2D eigenvalue weighted by molar-refractivity contribution is 0.174. The second-order valence-electron chi connectivity index (χ2n) is 6.09. The lowest BCUT2D eigenvalue weighted by atomic mass is 9.87. The van der Waals surface area contributed by atoms with E-state index in [1.165, 1.54) is 6.07 Å². The van der Waals surface area contributed by atoms with Gasteiger partial charge in [0.25, 0.3) is 0 Å². The molecule has 1 atom stereocenters. The van der Waals surface area contributed by atoms with Crippen LogP contribution in [0.3, 0.4) is 0 Å². The van der Waals surface area contributed by atoms with Gasteiger partial charge in [0.2, 0.25) is 0 Å². The molecule has 108 valence electrons. The van der Waals surface area contributed by atoms with E-state index in [-0.39, 0.29) is 17.3 Å². The summed E-state index contributed by atoms with van der Waals surface area (Å²) in [7, 11) is 0. The van der Waals surface area contributed by atoms with E-state index in [0.29, 0.717) is 12.2 Å². The topological polar surface area (TPSA) is 21.3 Å². The van der Waals surface area contributed by atoms with E-state index in [9.17, 15) is 4.39 Å². The molecule has 0 aliphatic carbocycles. The molecule has 1 aromatic carbocycles. The van der Waals surface area contributed by atoms with Crippen molar-refractivity contribution in [3.05, 3.63) is 29.6 Å². The summed E-state index contributed by atoms with van der Waals surface area (Å²) >= 11 is 0. The molecule has 0 amide bonds. The molecule has 0 spiro atoms. The SMILES string of the molecule is CCCNC(COc1ccc(F)c(C)c1)C(C)(C)C. The van der Waals surface area contributed by atoms with Crippen molar-refractivity contribution in [3.8, 4) is 5.75 Å². The standard InChI is InChI=1S/C16H26FNO/c1-6-9-18-15(16(3,4)5)11-19-13-7-8-14(17)12(2)10-13/h7-8,10,15,18H,6,9,11H2,1-5H3. The Morgan fingerprint density at radius 3 is 2.53 bits per heavy atom. The summed E-state index contributed by atoms with van der Waals surface area (Å²) in [4.78, 5) is 0. The predicted octanol–water partition coefficient (Wildman–Crippen LogP) is 3.93. The van der Waals surface area contributed by atoms with Crippen molar-refractivity contribution in [3.63, 3.8) is 0 Å². The van der Waals surface area contributed by atoms with E-state index in [1.807, 2.05) is 0 Å². The number of halogens is 1. The molecule has 0 heterocycles. The van der Waals surface area contributed by atoms with Crippen LogP contribution in [0.25, 0.3) is 0 Å². The van der Waals surface area contributed by atoms with Gasteiger partial charge in [-0.15, -0.1) is 0 Å². The maximum atomic E-state index is 13.2. The molecule has 0 saturated heterocycles. The van der Waals surface area contributed by atoms with Gasteiger partial charge >= 0.3 is 0 Å². The monoisotopic (exact) mass is 267 g/mol. The van der Waals surface area contributed by atoms with Crippen LogP contribution in [0.15, 0.2) is 18.2 Å². The molecule has 0 aromatic heterocycles. The van der Waals surface area contributed by atoms with Gasteiger partial charge in [-0.2, -0.15) is 0 Å². The number of benzene rings is 1. The Kier molecular flexibility index (Phi) is 5.80. The molecule has 0 aliphatic rings. The third kappa shape index (κ3) is 5.19. The van der Waals surface area contributed by atoms with E-state index < -0.39 is 0 Å². The van der Waals surface area contributed by atoms with Crippen molar-refractivity contribution in [1.29, 1.82) is 0 Å². The smallest absolute Gasteiger partial charge is 0.126 e. The first kappa shape index (κ1) is 16.0. The van der Waals surface area contributed by atoms with Crippen molar-refractivity contribution in [2.24, 2.45) is 5.41 Å². The van der Waals surface area contributed by atoms with Gasteiger partial charge < -0.3 is 10.1 Å². The molecule has 0 saturated carbocycles. The predicted molar refractivity (Wildman–Crippen MR) is 78.2 cm³/mol. The van der Waals surface area contributed by atoms with Crippen molar-refractivity contribution < 1.29 is 9.13 Å². The third-order valence-corrected chi connectivity index (χ3v) is 3.23. The fourth-order valence-electron chi connectivity index (χ4n) is 1.82. The van der Waals surface area contributed by atoms with Crippen LogP contribution in [0.1, 0.15) is 39.7 Å². The summed E-state index contributed by atoms with van der Waals surface area (Å²) in [6, 6.07) is 5.16. The Morgan fingerprint density at radius 1 is 1.32 bits per heavy atom. The Bertz CT molecular complexity index is 398. The Balaban J connectivity index is 2.62. The lowest BCUT2D eigenvalue weighted by Crippen LogP contribution is -2.45. The van der Waals surface area contributed by atoms with Crippen molar-refractivity contribution in [2.45, 2.75) is 47.1 Å². The number of ether oxygens (including phenoxy) is 1. The van der Waals surface area contributed by atoms with E-state index in [2.05, 4.69) is 33.0 Å². The molecule has 1 aromatic rings. The van der Waals surface area contributed by atoms with Gasteiger partial charge in [-0.25, -0.2) is 4.39 Å². The summed E-state index contributed by atoms with van der Waals surface area (Å²) in [6.07, 6.45) is 1.10. The summed E-state index contributed by atoms with van der Waals surface area (Å²) < 4.78 is 19.0. The zero-order valence-corrected chi connectivity index (χ0v) is 12.7. The summed E-state index contributed by atoms with van der Waals surface area (Å²) in [5, 5.41) is 3.51. The van der Waals surface area contributed by atoms with Gasteiger partial charge in [-0.05, 0) is 49.1 Å². The zero-order valence-electron chi connectivity index (χ0n) is 12.7. The molecule has 1 unspecified atom stereocenters. The number of rotatable bonds is 6. The summed E-state index contributed by atoms with van der Waals surface area (Å²) in [5.74, 6) is 0.537. The Labute approximate surface area is 116 Å². The molecule has 0 radical (unpaired) electrons. The number of hydrogen-bond acceptors (Lipinski definition) is 2. The Morgan fingerprint density at radius 2 is 2.00 bits per heavy atom. The normalized spacial score (nSPS) is 13.4. The average molecular weight is 267 g/mol. The van der Waals surface area contributed by atoms with Gasteiger partial charge in [0.1, 0.15) is 18.2 Å². The van der Waals surface area contributed by atoms with Crippen LogP contribution in [0.2, 0.25) is 0 Å². The Hall–Kier alpha value is -1.09. The highest BCUT2D eigenvalue weighted by atomic mass is 19.1. The molecule has 0 bridgehead atoms. The van der Waals surface area contributed by atoms with Crippen LogP contribution in [0.4, 0.5) is 4.39 Å². The first-order valence-corrected chi connectivity index (χ1v) is 6.97. The molecule has 1 N–H and O–H groups in total. The minimum atomic E-state index is -0.191.